The number of hydrogen-bond acceptors (Lipinski definition) is 5. The smallest absolute Gasteiger partial charge is 0.260 e. The number of fused-ring (bicyclic) bond motifs is 1. The Morgan fingerprint density at radius 1 is 1.48 bits per heavy atom. The molecule has 1 saturated carbocycles. The van der Waals surface area contributed by atoms with Gasteiger partial charge in [-0.15, -0.1) is 0 Å². The lowest BCUT2D eigenvalue weighted by Gasteiger charge is -2.40. The van der Waals surface area contributed by atoms with E-state index < -0.39 is 10.0 Å². The highest BCUT2D eigenvalue weighted by Crippen LogP contribution is 2.34. The van der Waals surface area contributed by atoms with Crippen LogP contribution in [0.4, 0.5) is 5.82 Å². The second-order valence-electron chi connectivity index (χ2n) is 5.30. The summed E-state index contributed by atoms with van der Waals surface area (Å²) in [6, 6.07) is 5.22. The number of nitrogens with two attached hydrogens (primary N) is 1. The first kappa shape index (κ1) is 14.3. The fourth-order valence-electron chi connectivity index (χ4n) is 2.58. The van der Waals surface area contributed by atoms with Crippen LogP contribution in [0.5, 0.6) is 0 Å². The van der Waals surface area contributed by atoms with E-state index in [1.165, 1.54) is 4.40 Å². The lowest BCUT2D eigenvalue weighted by atomic mass is 9.80. The van der Waals surface area contributed by atoms with Crippen molar-refractivity contribution in [1.29, 1.82) is 0 Å². The van der Waals surface area contributed by atoms with Crippen molar-refractivity contribution in [3.05, 3.63) is 24.4 Å². The molecule has 1 aliphatic rings. The first-order chi connectivity index (χ1) is 9.97. The van der Waals surface area contributed by atoms with Crippen LogP contribution >= 0.6 is 0 Å². The van der Waals surface area contributed by atoms with Crippen LogP contribution in [0.1, 0.15) is 19.3 Å². The summed E-state index contributed by atoms with van der Waals surface area (Å²) in [6.07, 6.45) is 4.39. The van der Waals surface area contributed by atoms with E-state index in [4.69, 9.17) is 10.5 Å². The van der Waals surface area contributed by atoms with Crippen LogP contribution in [0.25, 0.3) is 5.65 Å². The zero-order valence-corrected chi connectivity index (χ0v) is 12.6. The van der Waals surface area contributed by atoms with Crippen LogP contribution < -0.4 is 10.5 Å². The Labute approximate surface area is 123 Å². The highest BCUT2D eigenvalue weighted by molar-refractivity contribution is 7.89. The molecule has 114 valence electrons. The number of hydrogen-bond donors (Lipinski definition) is 2. The Morgan fingerprint density at radius 3 is 2.86 bits per heavy atom. The van der Waals surface area contributed by atoms with Crippen LogP contribution in [-0.2, 0) is 14.8 Å². The van der Waals surface area contributed by atoms with Gasteiger partial charge >= 0.3 is 0 Å². The number of imidazole rings is 1. The standard InChI is InChI=1S/C13H18N4O3S/c1-20-13(6-4-7-13)9-15-21(18,19)12-11(14)16-10-5-2-3-8-17(10)12/h2-3,5,8,15H,4,6-7,9,14H2,1H3. The number of nitrogens with zero attached hydrogens (tertiary/aromatic N) is 2. The summed E-state index contributed by atoms with van der Waals surface area (Å²) >= 11 is 0. The molecular weight excluding hydrogens is 292 g/mol. The van der Waals surface area contributed by atoms with Gasteiger partial charge in [0.25, 0.3) is 10.0 Å². The van der Waals surface area contributed by atoms with Crippen molar-refractivity contribution in [2.45, 2.75) is 29.9 Å². The molecule has 0 aliphatic heterocycles. The third-order valence-electron chi connectivity index (χ3n) is 4.05. The summed E-state index contributed by atoms with van der Waals surface area (Å²) in [5, 5.41) is -0.0244. The van der Waals surface area contributed by atoms with Gasteiger partial charge in [0.15, 0.2) is 10.8 Å². The fraction of sp³-hybridized carbons (Fsp3) is 0.462. The third kappa shape index (κ3) is 2.39. The molecule has 1 fully saturated rings. The molecule has 3 rings (SSSR count). The van der Waals surface area contributed by atoms with Gasteiger partial charge in [0, 0.05) is 19.9 Å². The van der Waals surface area contributed by atoms with E-state index in [2.05, 4.69) is 9.71 Å². The molecule has 0 unspecified atom stereocenters. The van der Waals surface area contributed by atoms with Gasteiger partial charge in [-0.1, -0.05) is 6.07 Å². The highest BCUT2D eigenvalue weighted by atomic mass is 32.2. The molecule has 1 aliphatic carbocycles. The second kappa shape index (κ2) is 4.97. The van der Waals surface area contributed by atoms with Gasteiger partial charge in [-0.2, -0.15) is 0 Å². The van der Waals surface area contributed by atoms with Crippen LogP contribution in [0.2, 0.25) is 0 Å². The Kier molecular flexibility index (Phi) is 3.39. The Balaban J connectivity index is 1.91. The van der Waals surface area contributed by atoms with Crippen molar-refractivity contribution < 1.29 is 13.2 Å². The van der Waals surface area contributed by atoms with E-state index in [0.717, 1.165) is 19.3 Å². The summed E-state index contributed by atoms with van der Waals surface area (Å²) < 4.78 is 34.5. The van der Waals surface area contributed by atoms with Crippen molar-refractivity contribution in [1.82, 2.24) is 14.1 Å². The summed E-state index contributed by atoms with van der Waals surface area (Å²) in [6.45, 7) is 0.241. The molecule has 0 aromatic carbocycles. The van der Waals surface area contributed by atoms with E-state index in [1.54, 1.807) is 31.5 Å². The van der Waals surface area contributed by atoms with Crippen LogP contribution in [0.15, 0.2) is 29.4 Å². The van der Waals surface area contributed by atoms with Crippen molar-refractivity contribution >= 4 is 21.5 Å². The van der Waals surface area contributed by atoms with Gasteiger partial charge in [-0.3, -0.25) is 4.40 Å². The van der Waals surface area contributed by atoms with Crippen molar-refractivity contribution in [3.8, 4) is 0 Å². The van der Waals surface area contributed by atoms with Gasteiger partial charge in [0.2, 0.25) is 0 Å². The number of anilines is 1. The number of sulfonamides is 1. The van der Waals surface area contributed by atoms with Crippen LogP contribution in [0.3, 0.4) is 0 Å². The largest absolute Gasteiger partial charge is 0.381 e. The molecule has 0 spiro atoms. The predicted molar refractivity (Wildman–Crippen MR) is 78.4 cm³/mol. The number of rotatable bonds is 5. The molecule has 0 bridgehead atoms. The van der Waals surface area contributed by atoms with Gasteiger partial charge in [0.05, 0.1) is 5.60 Å². The monoisotopic (exact) mass is 310 g/mol. The maximum Gasteiger partial charge on any atom is 0.260 e. The van der Waals surface area contributed by atoms with Gasteiger partial charge in [-0.05, 0) is 31.4 Å². The normalized spacial score (nSPS) is 17.8. The van der Waals surface area contributed by atoms with E-state index in [1.807, 2.05) is 0 Å². The zero-order valence-electron chi connectivity index (χ0n) is 11.7. The van der Waals surface area contributed by atoms with Crippen LogP contribution in [-0.4, -0.2) is 37.1 Å². The maximum absolute atomic E-state index is 12.5. The van der Waals surface area contributed by atoms with Crippen LogP contribution in [0, 0.1) is 0 Å². The quantitative estimate of drug-likeness (QED) is 0.849. The third-order valence-corrected chi connectivity index (χ3v) is 5.49. The Morgan fingerprint density at radius 2 is 2.24 bits per heavy atom. The molecule has 21 heavy (non-hydrogen) atoms. The number of methoxy groups -OCH3 is 1. The van der Waals surface area contributed by atoms with Gasteiger partial charge in [-0.25, -0.2) is 18.1 Å². The Bertz CT molecular complexity index is 759. The highest BCUT2D eigenvalue weighted by Gasteiger charge is 2.38. The SMILES string of the molecule is COC1(CNS(=O)(=O)c2c(N)nc3ccccn23)CCC1. The molecule has 7 nitrogen and oxygen atoms in total. The molecule has 0 saturated heterocycles. The minimum atomic E-state index is -3.75. The summed E-state index contributed by atoms with van der Waals surface area (Å²) in [5.74, 6) is -0.00576. The second-order valence-corrected chi connectivity index (χ2v) is 6.98. The van der Waals surface area contributed by atoms with Crippen molar-refractivity contribution in [2.75, 3.05) is 19.4 Å². The summed E-state index contributed by atoms with van der Waals surface area (Å²) in [4.78, 5) is 4.07. The number of pyridine rings is 1. The first-order valence-electron chi connectivity index (χ1n) is 6.75. The van der Waals surface area contributed by atoms with E-state index in [9.17, 15) is 8.42 Å². The lowest BCUT2D eigenvalue weighted by Crippen LogP contribution is -2.49. The summed E-state index contributed by atoms with van der Waals surface area (Å²) in [5.41, 5.74) is 5.89. The molecule has 2 aromatic rings. The maximum atomic E-state index is 12.5. The molecule has 0 amide bonds. The molecule has 2 aromatic heterocycles. The number of aromatic nitrogens is 2. The fourth-order valence-corrected chi connectivity index (χ4v) is 3.90. The first-order valence-corrected chi connectivity index (χ1v) is 8.23. The molecule has 0 atom stereocenters. The average molecular weight is 310 g/mol. The predicted octanol–water partition coefficient (Wildman–Crippen LogP) is 0.764. The minimum absolute atomic E-state index is 0.00576. The van der Waals surface area contributed by atoms with Crippen molar-refractivity contribution in [2.24, 2.45) is 0 Å². The average Bonchev–Trinajstić information content (AvgIpc) is 2.74. The molecule has 8 heteroatoms. The molecule has 3 N–H and O–H groups in total. The zero-order chi connectivity index (χ0) is 15.1. The topological polar surface area (TPSA) is 98.7 Å². The molecular formula is C13H18N4O3S. The van der Waals surface area contributed by atoms with E-state index in [0.29, 0.717) is 5.65 Å². The number of ether oxygens (including phenoxy) is 1. The molecule has 2 heterocycles. The number of nitrogen functional groups attached to an aromatic ring is 1. The minimum Gasteiger partial charge on any atom is -0.381 e. The molecule has 0 radical (unpaired) electrons. The summed E-state index contributed by atoms with van der Waals surface area (Å²) in [7, 11) is -2.14. The number of nitrogens with one attached hydrogen (secondary N) is 1. The van der Waals surface area contributed by atoms with Gasteiger partial charge in [0.1, 0.15) is 5.65 Å². The lowest BCUT2D eigenvalue weighted by molar-refractivity contribution is -0.0659. The van der Waals surface area contributed by atoms with E-state index >= 15 is 0 Å². The van der Waals surface area contributed by atoms with E-state index in [-0.39, 0.29) is 23.0 Å². The Hall–Kier alpha value is -1.64. The van der Waals surface area contributed by atoms with Gasteiger partial charge < -0.3 is 10.5 Å². The van der Waals surface area contributed by atoms with Crippen molar-refractivity contribution in [3.63, 3.8) is 0 Å².